The minimum Gasteiger partial charge on any atom is -0.464 e. The number of nitrogens with one attached hydrogen (secondary N) is 1. The Morgan fingerprint density at radius 1 is 1.20 bits per heavy atom. The number of thiophene rings is 1. The summed E-state index contributed by atoms with van der Waals surface area (Å²) in [4.78, 5) is 25.6. The number of benzene rings is 1. The van der Waals surface area contributed by atoms with Crippen LogP contribution in [0.2, 0.25) is 0 Å². The molecule has 0 atom stereocenters. The molecular weight excluding hydrogens is 336 g/mol. The van der Waals surface area contributed by atoms with Crippen molar-refractivity contribution in [2.45, 2.75) is 26.8 Å². The van der Waals surface area contributed by atoms with E-state index in [-0.39, 0.29) is 12.5 Å². The Bertz CT molecular complexity index is 922. The van der Waals surface area contributed by atoms with Gasteiger partial charge in [0.2, 0.25) is 5.91 Å². The molecular formula is C19H20N2O3S. The number of carbonyl (C=O) groups is 2. The molecule has 2 aromatic heterocycles. The third kappa shape index (κ3) is 3.58. The fourth-order valence-electron chi connectivity index (χ4n) is 2.78. The van der Waals surface area contributed by atoms with Crippen LogP contribution < -0.4 is 5.32 Å². The van der Waals surface area contributed by atoms with Crippen LogP contribution in [0.25, 0.3) is 10.2 Å². The molecule has 1 aromatic carbocycles. The van der Waals surface area contributed by atoms with Crippen LogP contribution in [0, 0.1) is 6.92 Å². The zero-order valence-electron chi connectivity index (χ0n) is 14.5. The monoisotopic (exact) mass is 356 g/mol. The maximum absolute atomic E-state index is 12.5. The molecule has 25 heavy (non-hydrogen) atoms. The second-order valence-electron chi connectivity index (χ2n) is 5.81. The molecule has 0 aliphatic heterocycles. The van der Waals surface area contributed by atoms with Crippen LogP contribution in [0.4, 0.5) is 5.69 Å². The van der Waals surface area contributed by atoms with Crippen LogP contribution in [-0.4, -0.2) is 23.6 Å². The maximum atomic E-state index is 12.5. The van der Waals surface area contributed by atoms with Gasteiger partial charge in [0, 0.05) is 10.6 Å². The van der Waals surface area contributed by atoms with E-state index in [0.717, 1.165) is 27.2 Å². The molecule has 0 bridgehead atoms. The van der Waals surface area contributed by atoms with Crippen molar-refractivity contribution in [2.24, 2.45) is 0 Å². The molecule has 1 amide bonds. The normalized spacial score (nSPS) is 10.8. The number of aryl methyl sites for hydroxylation is 2. The van der Waals surface area contributed by atoms with Gasteiger partial charge in [0.1, 0.15) is 12.2 Å². The lowest BCUT2D eigenvalue weighted by Gasteiger charge is -2.10. The van der Waals surface area contributed by atoms with Gasteiger partial charge in [-0.15, -0.1) is 11.3 Å². The Labute approximate surface area is 150 Å². The molecule has 1 N–H and O–H groups in total. The lowest BCUT2D eigenvalue weighted by molar-refractivity contribution is -0.116. The van der Waals surface area contributed by atoms with Crippen LogP contribution in [0.1, 0.15) is 27.9 Å². The zero-order chi connectivity index (χ0) is 18.0. The number of ether oxygens (including phenoxy) is 1. The Morgan fingerprint density at radius 3 is 2.56 bits per heavy atom. The summed E-state index contributed by atoms with van der Waals surface area (Å²) >= 11 is 1.59. The number of anilines is 1. The van der Waals surface area contributed by atoms with Crippen molar-refractivity contribution < 1.29 is 14.3 Å². The smallest absolute Gasteiger partial charge is 0.354 e. The summed E-state index contributed by atoms with van der Waals surface area (Å²) in [7, 11) is 1.34. The van der Waals surface area contributed by atoms with Crippen molar-refractivity contribution in [2.75, 3.05) is 12.4 Å². The molecule has 3 rings (SSSR count). The number of amides is 1. The van der Waals surface area contributed by atoms with E-state index < -0.39 is 5.97 Å². The number of methoxy groups -OCH3 is 1. The lowest BCUT2D eigenvalue weighted by Crippen LogP contribution is -2.21. The predicted molar refractivity (Wildman–Crippen MR) is 100 cm³/mol. The number of carbonyl (C=O) groups excluding carboxylic acids is 2. The number of fused-ring (bicyclic) bond motifs is 1. The summed E-state index contributed by atoms with van der Waals surface area (Å²) in [6.45, 7) is 4.14. The first kappa shape index (κ1) is 17.2. The molecule has 6 heteroatoms. The molecule has 0 fully saturated rings. The highest BCUT2D eigenvalue weighted by Crippen LogP contribution is 2.29. The highest BCUT2D eigenvalue weighted by atomic mass is 32.1. The molecule has 0 aliphatic rings. The van der Waals surface area contributed by atoms with Crippen LogP contribution in [0.15, 0.2) is 36.4 Å². The third-order valence-electron chi connectivity index (χ3n) is 4.05. The molecule has 5 nitrogen and oxygen atoms in total. The van der Waals surface area contributed by atoms with Gasteiger partial charge >= 0.3 is 5.97 Å². The summed E-state index contributed by atoms with van der Waals surface area (Å²) < 4.78 is 7.52. The first-order valence-electron chi connectivity index (χ1n) is 8.08. The standard InChI is InChI=1S/C19H20N2O3S/c1-4-13-5-7-14(8-6-13)20-18(22)11-21-15-9-12(2)25-17(15)10-16(21)19(23)24-3/h5-10H,4,11H2,1-3H3,(H,20,22). The highest BCUT2D eigenvalue weighted by molar-refractivity contribution is 7.19. The lowest BCUT2D eigenvalue weighted by atomic mass is 10.1. The summed E-state index contributed by atoms with van der Waals surface area (Å²) in [5.74, 6) is -0.628. The molecule has 0 saturated carbocycles. The summed E-state index contributed by atoms with van der Waals surface area (Å²) in [6, 6.07) is 11.5. The number of esters is 1. The number of hydrogen-bond donors (Lipinski definition) is 1. The largest absolute Gasteiger partial charge is 0.464 e. The van der Waals surface area contributed by atoms with E-state index >= 15 is 0 Å². The van der Waals surface area contributed by atoms with E-state index in [4.69, 9.17) is 4.74 Å². The van der Waals surface area contributed by atoms with Crippen molar-refractivity contribution >= 4 is 39.1 Å². The minimum atomic E-state index is -0.443. The molecule has 3 aromatic rings. The number of hydrogen-bond acceptors (Lipinski definition) is 4. The number of aromatic nitrogens is 1. The molecule has 0 spiro atoms. The van der Waals surface area contributed by atoms with Crippen LogP contribution >= 0.6 is 11.3 Å². The van der Waals surface area contributed by atoms with E-state index in [0.29, 0.717) is 5.69 Å². The van der Waals surface area contributed by atoms with Crippen LogP contribution in [0.5, 0.6) is 0 Å². The fraction of sp³-hybridized carbons (Fsp3) is 0.263. The zero-order valence-corrected chi connectivity index (χ0v) is 15.3. The van der Waals surface area contributed by atoms with Gasteiger partial charge in [-0.2, -0.15) is 0 Å². The van der Waals surface area contributed by atoms with Gasteiger partial charge in [0.05, 0.1) is 17.3 Å². The molecule has 0 unspecified atom stereocenters. The minimum absolute atomic E-state index is 0.0552. The van der Waals surface area contributed by atoms with Gasteiger partial charge in [-0.25, -0.2) is 4.79 Å². The Balaban J connectivity index is 1.85. The van der Waals surface area contributed by atoms with Crippen LogP contribution in [0.3, 0.4) is 0 Å². The molecule has 0 aliphatic carbocycles. The van der Waals surface area contributed by atoms with Crippen molar-refractivity contribution in [3.8, 4) is 0 Å². The van der Waals surface area contributed by atoms with Gasteiger partial charge in [-0.1, -0.05) is 19.1 Å². The van der Waals surface area contributed by atoms with E-state index in [9.17, 15) is 9.59 Å². The van der Waals surface area contributed by atoms with Gasteiger partial charge in [-0.3, -0.25) is 4.79 Å². The topological polar surface area (TPSA) is 60.3 Å². The maximum Gasteiger partial charge on any atom is 0.354 e. The molecule has 0 saturated heterocycles. The quantitative estimate of drug-likeness (QED) is 0.703. The Hall–Kier alpha value is -2.60. The summed E-state index contributed by atoms with van der Waals surface area (Å²) in [5.41, 5.74) is 3.22. The Morgan fingerprint density at radius 2 is 1.92 bits per heavy atom. The average molecular weight is 356 g/mol. The average Bonchev–Trinajstić information content (AvgIpc) is 3.12. The van der Waals surface area contributed by atoms with Crippen molar-refractivity contribution in [3.05, 3.63) is 52.5 Å². The van der Waals surface area contributed by atoms with Gasteiger partial charge in [0.25, 0.3) is 0 Å². The van der Waals surface area contributed by atoms with E-state index in [1.807, 2.05) is 37.3 Å². The van der Waals surface area contributed by atoms with Crippen molar-refractivity contribution in [1.29, 1.82) is 0 Å². The Kier molecular flexibility index (Phi) is 4.90. The van der Waals surface area contributed by atoms with Crippen molar-refractivity contribution in [3.63, 3.8) is 0 Å². The molecule has 2 heterocycles. The predicted octanol–water partition coefficient (Wildman–Crippen LogP) is 4.00. The summed E-state index contributed by atoms with van der Waals surface area (Å²) in [5, 5.41) is 2.88. The number of rotatable bonds is 5. The first-order chi connectivity index (χ1) is 12.0. The van der Waals surface area contributed by atoms with Gasteiger partial charge in [0.15, 0.2) is 0 Å². The van der Waals surface area contributed by atoms with E-state index in [2.05, 4.69) is 12.2 Å². The van der Waals surface area contributed by atoms with E-state index in [1.165, 1.54) is 12.7 Å². The summed E-state index contributed by atoms with van der Waals surface area (Å²) in [6.07, 6.45) is 0.954. The highest BCUT2D eigenvalue weighted by Gasteiger charge is 2.19. The van der Waals surface area contributed by atoms with E-state index in [1.54, 1.807) is 22.0 Å². The second kappa shape index (κ2) is 7.11. The van der Waals surface area contributed by atoms with Crippen LogP contribution in [-0.2, 0) is 22.5 Å². The molecule has 130 valence electrons. The van der Waals surface area contributed by atoms with Gasteiger partial charge in [-0.05, 0) is 43.2 Å². The first-order valence-corrected chi connectivity index (χ1v) is 8.90. The third-order valence-corrected chi connectivity index (χ3v) is 5.04. The second-order valence-corrected chi connectivity index (χ2v) is 7.10. The SMILES string of the molecule is CCc1ccc(NC(=O)Cn2c(C(=O)OC)cc3sc(C)cc32)cc1. The van der Waals surface area contributed by atoms with Crippen molar-refractivity contribution in [1.82, 2.24) is 4.57 Å². The fourth-order valence-corrected chi connectivity index (χ4v) is 3.74. The molecule has 0 radical (unpaired) electrons. The number of nitrogens with zero attached hydrogens (tertiary/aromatic N) is 1. The van der Waals surface area contributed by atoms with Gasteiger partial charge < -0.3 is 14.6 Å².